The molecule has 0 spiro atoms. The van der Waals surface area contributed by atoms with Crippen LogP contribution >= 0.6 is 0 Å². The van der Waals surface area contributed by atoms with Crippen LogP contribution in [0.2, 0.25) is 0 Å². The molecule has 4 rings (SSSR count). The van der Waals surface area contributed by atoms with Gasteiger partial charge in [0.05, 0.1) is 23.6 Å². The van der Waals surface area contributed by atoms with E-state index < -0.39 is 23.0 Å². The summed E-state index contributed by atoms with van der Waals surface area (Å²) in [5.41, 5.74) is 6.00. The zero-order chi connectivity index (χ0) is 22.8. The fourth-order valence-corrected chi connectivity index (χ4v) is 3.36. The summed E-state index contributed by atoms with van der Waals surface area (Å²) >= 11 is 0. The van der Waals surface area contributed by atoms with Gasteiger partial charge in [0.15, 0.2) is 0 Å². The summed E-state index contributed by atoms with van der Waals surface area (Å²) < 4.78 is 15.8. The second kappa shape index (κ2) is 8.42. The average Bonchev–Trinajstić information content (AvgIpc) is 2.78. The van der Waals surface area contributed by atoms with Crippen LogP contribution in [0.25, 0.3) is 10.9 Å². The molecule has 10 heteroatoms. The lowest BCUT2D eigenvalue weighted by atomic mass is 10.2. The quantitative estimate of drug-likeness (QED) is 0.486. The van der Waals surface area contributed by atoms with Gasteiger partial charge in [-0.05, 0) is 41.5 Å². The largest absolute Gasteiger partial charge is 0.384 e. The summed E-state index contributed by atoms with van der Waals surface area (Å²) in [5, 5.41) is 2.86. The van der Waals surface area contributed by atoms with Gasteiger partial charge in [-0.3, -0.25) is 18.7 Å². The summed E-state index contributed by atoms with van der Waals surface area (Å²) in [4.78, 5) is 46.3. The number of pyridine rings is 2. The van der Waals surface area contributed by atoms with Crippen molar-refractivity contribution >= 4 is 22.6 Å². The number of amides is 1. The Morgan fingerprint density at radius 1 is 1.12 bits per heavy atom. The number of nitrogens with zero attached hydrogens (tertiary/aromatic N) is 4. The molecule has 4 aromatic rings. The van der Waals surface area contributed by atoms with Crippen molar-refractivity contribution in [3.8, 4) is 0 Å². The Morgan fingerprint density at radius 3 is 2.69 bits per heavy atom. The number of rotatable bonds is 5. The van der Waals surface area contributed by atoms with Gasteiger partial charge >= 0.3 is 5.69 Å². The summed E-state index contributed by atoms with van der Waals surface area (Å²) in [6.07, 6.45) is 2.84. The number of aromatic nitrogens is 4. The van der Waals surface area contributed by atoms with Crippen molar-refractivity contribution in [1.29, 1.82) is 0 Å². The van der Waals surface area contributed by atoms with E-state index in [0.717, 1.165) is 10.1 Å². The molecule has 1 amide bonds. The van der Waals surface area contributed by atoms with E-state index in [1.165, 1.54) is 48.3 Å². The van der Waals surface area contributed by atoms with E-state index in [1.807, 2.05) is 0 Å². The number of carbonyl (C=O) groups excluding carboxylic acids is 1. The molecule has 0 saturated heterocycles. The zero-order valence-corrected chi connectivity index (χ0v) is 17.1. The lowest BCUT2D eigenvalue weighted by molar-refractivity contribution is 0.0946. The SMILES string of the molecule is Cn1c(=O)n(Cc2cccc(F)c2)c(=O)c2cc(C(=O)NCc3ccnc(N)c3)ncc21. The molecule has 1 aromatic carbocycles. The third-order valence-corrected chi connectivity index (χ3v) is 5.00. The predicted molar refractivity (Wildman–Crippen MR) is 117 cm³/mol. The molecule has 0 bridgehead atoms. The topological polar surface area (TPSA) is 125 Å². The standard InChI is InChI=1S/C22H19FN6O3/c1-28-18-11-26-17(20(30)27-10-13-5-6-25-19(24)8-13)9-16(18)21(31)29(22(28)32)12-14-3-2-4-15(23)7-14/h2-9,11H,10,12H2,1H3,(H2,24,25)(H,27,30). The van der Waals surface area contributed by atoms with Crippen LogP contribution in [0.15, 0.2) is 64.4 Å². The molecule has 3 heterocycles. The summed E-state index contributed by atoms with van der Waals surface area (Å²) in [7, 11) is 1.50. The second-order valence-electron chi connectivity index (χ2n) is 7.22. The minimum absolute atomic E-state index is 0.0209. The van der Waals surface area contributed by atoms with Crippen LogP contribution in [0, 0.1) is 5.82 Å². The van der Waals surface area contributed by atoms with Gasteiger partial charge in [-0.2, -0.15) is 0 Å². The normalized spacial score (nSPS) is 10.9. The molecule has 162 valence electrons. The first-order valence-electron chi connectivity index (χ1n) is 9.66. The summed E-state index contributed by atoms with van der Waals surface area (Å²) in [5.74, 6) is -0.625. The van der Waals surface area contributed by atoms with E-state index in [4.69, 9.17) is 5.73 Å². The molecule has 3 aromatic heterocycles. The smallest absolute Gasteiger partial charge is 0.331 e. The molecule has 9 nitrogen and oxygen atoms in total. The third-order valence-electron chi connectivity index (χ3n) is 5.00. The van der Waals surface area contributed by atoms with E-state index in [9.17, 15) is 18.8 Å². The maximum absolute atomic E-state index is 13.5. The lowest BCUT2D eigenvalue weighted by Crippen LogP contribution is -2.39. The highest BCUT2D eigenvalue weighted by molar-refractivity contribution is 5.95. The number of nitrogens with one attached hydrogen (secondary N) is 1. The number of hydrogen-bond donors (Lipinski definition) is 2. The summed E-state index contributed by atoms with van der Waals surface area (Å²) in [6.45, 7) is 0.0921. The Morgan fingerprint density at radius 2 is 1.94 bits per heavy atom. The number of halogens is 1. The van der Waals surface area contributed by atoms with Gasteiger partial charge in [-0.25, -0.2) is 19.2 Å². The zero-order valence-electron chi connectivity index (χ0n) is 17.1. The maximum atomic E-state index is 13.5. The number of anilines is 1. The fraction of sp³-hybridized carbons (Fsp3) is 0.136. The molecule has 0 radical (unpaired) electrons. The van der Waals surface area contributed by atoms with E-state index in [-0.39, 0.29) is 29.7 Å². The van der Waals surface area contributed by atoms with Crippen molar-refractivity contribution in [2.75, 3.05) is 5.73 Å². The van der Waals surface area contributed by atoms with Crippen molar-refractivity contribution < 1.29 is 9.18 Å². The van der Waals surface area contributed by atoms with E-state index in [1.54, 1.807) is 18.2 Å². The van der Waals surface area contributed by atoms with Gasteiger partial charge in [0.2, 0.25) is 0 Å². The molecule has 0 unspecified atom stereocenters. The van der Waals surface area contributed by atoms with Crippen LogP contribution in [0.5, 0.6) is 0 Å². The van der Waals surface area contributed by atoms with Crippen LogP contribution in [0.1, 0.15) is 21.6 Å². The Bertz CT molecular complexity index is 1460. The van der Waals surface area contributed by atoms with Crippen molar-refractivity contribution in [2.45, 2.75) is 13.1 Å². The summed E-state index contributed by atoms with van der Waals surface area (Å²) in [6, 6.07) is 10.4. The molecular formula is C22H19FN6O3. The fourth-order valence-electron chi connectivity index (χ4n) is 3.36. The number of nitrogen functional groups attached to an aromatic ring is 1. The average molecular weight is 434 g/mol. The van der Waals surface area contributed by atoms with Gasteiger partial charge in [0.25, 0.3) is 11.5 Å². The van der Waals surface area contributed by atoms with E-state index in [0.29, 0.717) is 11.4 Å². The maximum Gasteiger partial charge on any atom is 0.331 e. The molecule has 0 atom stereocenters. The highest BCUT2D eigenvalue weighted by Gasteiger charge is 2.15. The number of aryl methyl sites for hydroxylation is 1. The Labute approximate surface area is 181 Å². The number of carbonyl (C=O) groups is 1. The van der Waals surface area contributed by atoms with Crippen LogP contribution in [-0.2, 0) is 20.1 Å². The molecule has 32 heavy (non-hydrogen) atoms. The van der Waals surface area contributed by atoms with Crippen LogP contribution < -0.4 is 22.3 Å². The van der Waals surface area contributed by atoms with Crippen molar-refractivity contribution in [1.82, 2.24) is 24.4 Å². The molecule has 0 aliphatic rings. The molecule has 0 aliphatic carbocycles. The van der Waals surface area contributed by atoms with Crippen molar-refractivity contribution in [2.24, 2.45) is 7.05 Å². The van der Waals surface area contributed by atoms with Gasteiger partial charge < -0.3 is 11.1 Å². The Hall–Kier alpha value is -4.34. The Kier molecular flexibility index (Phi) is 5.50. The lowest BCUT2D eigenvalue weighted by Gasteiger charge is -2.12. The molecular weight excluding hydrogens is 415 g/mol. The minimum atomic E-state index is -0.592. The van der Waals surface area contributed by atoms with Gasteiger partial charge in [0, 0.05) is 19.8 Å². The van der Waals surface area contributed by atoms with Crippen LogP contribution in [0.4, 0.5) is 10.2 Å². The highest BCUT2D eigenvalue weighted by atomic mass is 19.1. The number of nitrogens with two attached hydrogens (primary N) is 1. The third kappa shape index (κ3) is 4.10. The first-order valence-corrected chi connectivity index (χ1v) is 9.66. The van der Waals surface area contributed by atoms with Crippen molar-refractivity contribution in [3.05, 3.63) is 98.3 Å². The minimum Gasteiger partial charge on any atom is -0.384 e. The first-order chi connectivity index (χ1) is 15.3. The Balaban J connectivity index is 1.68. The predicted octanol–water partition coefficient (Wildman–Crippen LogP) is 1.19. The monoisotopic (exact) mass is 434 g/mol. The van der Waals surface area contributed by atoms with E-state index >= 15 is 0 Å². The van der Waals surface area contributed by atoms with E-state index in [2.05, 4.69) is 15.3 Å². The van der Waals surface area contributed by atoms with Crippen molar-refractivity contribution in [3.63, 3.8) is 0 Å². The number of fused-ring (bicyclic) bond motifs is 1. The van der Waals surface area contributed by atoms with Gasteiger partial charge in [-0.15, -0.1) is 0 Å². The molecule has 0 saturated carbocycles. The number of benzene rings is 1. The van der Waals surface area contributed by atoms with Crippen LogP contribution in [0.3, 0.4) is 0 Å². The molecule has 0 aliphatic heterocycles. The van der Waals surface area contributed by atoms with Gasteiger partial charge in [-0.1, -0.05) is 12.1 Å². The second-order valence-corrected chi connectivity index (χ2v) is 7.22. The van der Waals surface area contributed by atoms with Gasteiger partial charge in [0.1, 0.15) is 17.3 Å². The molecule has 0 fully saturated rings. The first kappa shape index (κ1) is 20.9. The van der Waals surface area contributed by atoms with Crippen LogP contribution in [-0.4, -0.2) is 25.0 Å². The number of hydrogen-bond acceptors (Lipinski definition) is 6. The molecule has 3 N–H and O–H groups in total. The highest BCUT2D eigenvalue weighted by Crippen LogP contribution is 2.10.